The van der Waals surface area contributed by atoms with Crippen LogP contribution in [-0.4, -0.2) is 17.4 Å². The van der Waals surface area contributed by atoms with Gasteiger partial charge in [-0.05, 0) is 31.5 Å². The molecule has 21 heavy (non-hydrogen) atoms. The van der Waals surface area contributed by atoms with Gasteiger partial charge in [0.1, 0.15) is 0 Å². The fourth-order valence-corrected chi connectivity index (χ4v) is 3.16. The van der Waals surface area contributed by atoms with Crippen LogP contribution >= 0.6 is 11.3 Å². The van der Waals surface area contributed by atoms with Gasteiger partial charge in [-0.2, -0.15) is 0 Å². The minimum Gasteiger partial charge on any atom is -0.459 e. The summed E-state index contributed by atoms with van der Waals surface area (Å²) in [5.41, 5.74) is 1.91. The zero-order valence-electron chi connectivity index (χ0n) is 11.8. The molecule has 2 heterocycles. The molecule has 0 fully saturated rings. The normalized spacial score (nSPS) is 10.9. The fraction of sp³-hybridized carbons (Fsp3) is 0.250. The zero-order valence-corrected chi connectivity index (χ0v) is 12.6. The van der Waals surface area contributed by atoms with Crippen LogP contribution in [0.3, 0.4) is 0 Å². The summed E-state index contributed by atoms with van der Waals surface area (Å²) in [5.74, 6) is 0.247. The van der Waals surface area contributed by atoms with Crippen molar-refractivity contribution in [2.24, 2.45) is 0 Å². The maximum atomic E-state index is 11.9. The molecule has 0 spiro atoms. The molecule has 4 nitrogen and oxygen atoms in total. The molecule has 0 aliphatic carbocycles. The lowest BCUT2D eigenvalue weighted by Gasteiger charge is -2.02. The second kappa shape index (κ2) is 6.10. The average molecular weight is 300 g/mol. The van der Waals surface area contributed by atoms with Crippen molar-refractivity contribution in [2.75, 3.05) is 6.54 Å². The first kappa shape index (κ1) is 13.8. The zero-order chi connectivity index (χ0) is 14.7. The summed E-state index contributed by atoms with van der Waals surface area (Å²) in [6.07, 6.45) is 3.27. The Morgan fingerprint density at radius 3 is 2.95 bits per heavy atom. The second-order valence-electron chi connectivity index (χ2n) is 4.87. The Morgan fingerprint density at radius 1 is 1.33 bits per heavy atom. The molecule has 3 rings (SSSR count). The smallest absolute Gasteiger partial charge is 0.287 e. The van der Waals surface area contributed by atoms with Crippen LogP contribution in [0.1, 0.15) is 27.5 Å². The van der Waals surface area contributed by atoms with Gasteiger partial charge < -0.3 is 9.73 Å². The molecule has 0 atom stereocenters. The van der Waals surface area contributed by atoms with Crippen molar-refractivity contribution in [2.45, 2.75) is 19.8 Å². The van der Waals surface area contributed by atoms with Crippen molar-refractivity contribution in [1.29, 1.82) is 0 Å². The summed E-state index contributed by atoms with van der Waals surface area (Å²) in [6.45, 7) is 2.48. The molecule has 5 heteroatoms. The quantitative estimate of drug-likeness (QED) is 0.733. The number of carbonyl (C=O) groups excluding carboxylic acids is 1. The molecule has 3 aromatic rings. The summed E-state index contributed by atoms with van der Waals surface area (Å²) < 4.78 is 6.37. The number of amides is 1. The summed E-state index contributed by atoms with van der Waals surface area (Å²) in [7, 11) is 0. The number of aryl methyl sites for hydroxylation is 2. The van der Waals surface area contributed by atoms with Gasteiger partial charge in [0.05, 0.1) is 21.5 Å². The molecule has 0 aliphatic rings. The van der Waals surface area contributed by atoms with Gasteiger partial charge in [-0.15, -0.1) is 11.3 Å². The van der Waals surface area contributed by atoms with E-state index in [9.17, 15) is 4.79 Å². The number of nitrogens with one attached hydrogen (secondary N) is 1. The van der Waals surface area contributed by atoms with Crippen molar-refractivity contribution < 1.29 is 9.21 Å². The lowest BCUT2D eigenvalue weighted by molar-refractivity contribution is 0.0924. The predicted molar refractivity (Wildman–Crippen MR) is 83.7 cm³/mol. The van der Waals surface area contributed by atoms with Crippen molar-refractivity contribution >= 4 is 27.5 Å². The van der Waals surface area contributed by atoms with Gasteiger partial charge in [-0.3, -0.25) is 4.79 Å². The molecule has 1 amide bonds. The molecule has 0 saturated heterocycles. The summed E-state index contributed by atoms with van der Waals surface area (Å²) in [4.78, 5) is 16.4. The average Bonchev–Trinajstić information content (AvgIpc) is 3.08. The molecule has 0 saturated carbocycles. The number of furan rings is 1. The maximum Gasteiger partial charge on any atom is 0.287 e. The Labute approximate surface area is 126 Å². The summed E-state index contributed by atoms with van der Waals surface area (Å²) in [5, 5.41) is 3.98. The first-order chi connectivity index (χ1) is 10.2. The van der Waals surface area contributed by atoms with Crippen LogP contribution in [0.15, 0.2) is 41.0 Å². The Hall–Kier alpha value is -2.14. The topological polar surface area (TPSA) is 55.1 Å². The number of benzene rings is 1. The Kier molecular flexibility index (Phi) is 4.01. The summed E-state index contributed by atoms with van der Waals surface area (Å²) >= 11 is 1.71. The van der Waals surface area contributed by atoms with E-state index in [0.29, 0.717) is 12.3 Å². The van der Waals surface area contributed by atoms with E-state index < -0.39 is 0 Å². The highest BCUT2D eigenvalue weighted by molar-refractivity contribution is 7.18. The number of hydrogen-bond donors (Lipinski definition) is 1. The monoisotopic (exact) mass is 300 g/mol. The van der Waals surface area contributed by atoms with E-state index >= 15 is 0 Å². The van der Waals surface area contributed by atoms with Crippen LogP contribution in [0.4, 0.5) is 0 Å². The number of carbonyl (C=O) groups is 1. The van der Waals surface area contributed by atoms with Gasteiger partial charge >= 0.3 is 0 Å². The molecule has 2 aromatic heterocycles. The Bertz CT molecular complexity index is 727. The Morgan fingerprint density at radius 2 is 2.19 bits per heavy atom. The molecule has 0 radical (unpaired) electrons. The first-order valence-electron chi connectivity index (χ1n) is 6.91. The highest BCUT2D eigenvalue weighted by atomic mass is 32.1. The molecule has 1 N–H and O–H groups in total. The van der Waals surface area contributed by atoms with E-state index in [0.717, 1.165) is 28.9 Å². The van der Waals surface area contributed by atoms with Crippen LogP contribution in [0, 0.1) is 6.92 Å². The van der Waals surface area contributed by atoms with Gasteiger partial charge in [-0.1, -0.05) is 12.1 Å². The molecular weight excluding hydrogens is 284 g/mol. The number of rotatable bonds is 5. The van der Waals surface area contributed by atoms with Gasteiger partial charge in [0, 0.05) is 18.5 Å². The first-order valence-corrected chi connectivity index (χ1v) is 7.72. The fourth-order valence-electron chi connectivity index (χ4n) is 2.15. The Balaban J connectivity index is 1.50. The van der Waals surface area contributed by atoms with Gasteiger partial charge in [0.2, 0.25) is 0 Å². The van der Waals surface area contributed by atoms with E-state index in [1.807, 2.05) is 25.1 Å². The van der Waals surface area contributed by atoms with Crippen LogP contribution in [0.25, 0.3) is 10.2 Å². The van der Waals surface area contributed by atoms with Crippen LogP contribution in [0.2, 0.25) is 0 Å². The van der Waals surface area contributed by atoms with Crippen LogP contribution < -0.4 is 5.32 Å². The van der Waals surface area contributed by atoms with Gasteiger partial charge in [0.25, 0.3) is 5.91 Å². The maximum absolute atomic E-state index is 11.9. The number of aromatic nitrogens is 1. The largest absolute Gasteiger partial charge is 0.459 e. The lowest BCUT2D eigenvalue weighted by atomic mass is 10.2. The van der Waals surface area contributed by atoms with Gasteiger partial charge in [0.15, 0.2) is 5.76 Å². The van der Waals surface area contributed by atoms with Crippen LogP contribution in [-0.2, 0) is 6.42 Å². The highest BCUT2D eigenvalue weighted by Gasteiger charge is 2.11. The second-order valence-corrected chi connectivity index (χ2v) is 5.98. The van der Waals surface area contributed by atoms with Crippen molar-refractivity contribution in [3.05, 3.63) is 52.9 Å². The van der Waals surface area contributed by atoms with E-state index in [-0.39, 0.29) is 5.91 Å². The highest BCUT2D eigenvalue weighted by Crippen LogP contribution is 2.22. The lowest BCUT2D eigenvalue weighted by Crippen LogP contribution is -2.24. The minimum atomic E-state index is -0.151. The number of hydrogen-bond acceptors (Lipinski definition) is 4. The number of thiazole rings is 1. The van der Waals surface area contributed by atoms with Crippen LogP contribution in [0.5, 0.6) is 0 Å². The van der Waals surface area contributed by atoms with Crippen molar-refractivity contribution in [3.63, 3.8) is 0 Å². The number of para-hydroxylation sites is 1. The third-order valence-corrected chi connectivity index (χ3v) is 4.36. The van der Waals surface area contributed by atoms with E-state index in [1.54, 1.807) is 17.4 Å². The third kappa shape index (κ3) is 3.13. The van der Waals surface area contributed by atoms with E-state index in [1.165, 1.54) is 11.0 Å². The van der Waals surface area contributed by atoms with E-state index in [2.05, 4.69) is 16.4 Å². The molecule has 108 valence electrons. The third-order valence-electron chi connectivity index (χ3n) is 3.26. The molecule has 0 aliphatic heterocycles. The molecule has 1 aromatic carbocycles. The van der Waals surface area contributed by atoms with Gasteiger partial charge in [-0.25, -0.2) is 4.98 Å². The van der Waals surface area contributed by atoms with E-state index in [4.69, 9.17) is 4.42 Å². The SMILES string of the molecule is Cc1ccoc1C(=O)NCCCc1nc2ccccc2s1. The minimum absolute atomic E-state index is 0.151. The number of nitrogens with zero attached hydrogens (tertiary/aromatic N) is 1. The standard InChI is InChI=1S/C16H16N2O2S/c1-11-8-10-20-15(11)16(19)17-9-4-7-14-18-12-5-2-3-6-13(12)21-14/h2-3,5-6,8,10H,4,7,9H2,1H3,(H,17,19). The number of fused-ring (bicyclic) bond motifs is 1. The van der Waals surface area contributed by atoms with Crippen molar-refractivity contribution in [1.82, 2.24) is 10.3 Å². The molecular formula is C16H16N2O2S. The molecule has 0 bridgehead atoms. The summed E-state index contributed by atoms with van der Waals surface area (Å²) in [6, 6.07) is 9.92. The molecule has 0 unspecified atom stereocenters. The van der Waals surface area contributed by atoms with Crippen molar-refractivity contribution in [3.8, 4) is 0 Å². The predicted octanol–water partition coefficient (Wildman–Crippen LogP) is 3.56.